The molecule has 0 unspecified atom stereocenters. The summed E-state index contributed by atoms with van der Waals surface area (Å²) in [6.07, 6.45) is 7.70. The normalized spacial score (nSPS) is 35.7. The molecule has 3 aliphatic heterocycles. The number of rotatable bonds is 2. The van der Waals surface area contributed by atoms with E-state index in [1.54, 1.807) is 0 Å². The minimum atomic E-state index is -10.7. The van der Waals surface area contributed by atoms with Crippen molar-refractivity contribution in [3.63, 3.8) is 0 Å². The Morgan fingerprint density at radius 1 is 0.769 bits per heavy atom. The van der Waals surface area contributed by atoms with Gasteiger partial charge in [-0.05, 0) is 53.4 Å². The average Bonchev–Trinajstić information content (AvgIpc) is 3.08. The third-order valence-corrected chi connectivity index (χ3v) is 5.23. The van der Waals surface area contributed by atoms with Gasteiger partial charge in [-0.15, -0.1) is 5.01 Å². The Hall–Kier alpha value is -0.760. The summed E-state index contributed by atoms with van der Waals surface area (Å²) in [5.74, 6) is 0. The summed E-state index contributed by atoms with van der Waals surface area (Å²) in [4.78, 5) is 0. The molecule has 0 amide bonds. The summed E-state index contributed by atoms with van der Waals surface area (Å²) in [5.41, 5.74) is 0. The van der Waals surface area contributed by atoms with Gasteiger partial charge in [-0.25, -0.2) is 5.01 Å². The zero-order valence-corrected chi connectivity index (χ0v) is 16.5. The number of hydrogen-bond donors (Lipinski definition) is 0. The third kappa shape index (κ3) is 6.44. The van der Waals surface area contributed by atoms with Crippen LogP contribution in [0.2, 0.25) is 0 Å². The maximum absolute atomic E-state index is 10.7. The number of hydrazine groups is 2. The fourth-order valence-corrected chi connectivity index (χ4v) is 4.20. The summed E-state index contributed by atoms with van der Waals surface area (Å²) < 4.78 is 61.7. The van der Waals surface area contributed by atoms with E-state index in [-0.39, 0.29) is 0 Å². The minimum absolute atomic E-state index is 0.694. The van der Waals surface area contributed by atoms with Crippen molar-refractivity contribution < 1.29 is 29.9 Å². The van der Waals surface area contributed by atoms with Gasteiger partial charge in [0.05, 0.1) is 12.1 Å². The molecule has 0 aromatic rings. The first-order valence-electron chi connectivity index (χ1n) is 9.04. The number of nitrogens with zero attached hydrogens (tertiary/aromatic N) is 4. The molecule has 0 radical (unpaired) electrons. The third-order valence-electron chi connectivity index (χ3n) is 5.23. The zero-order chi connectivity index (χ0) is 20.0. The van der Waals surface area contributed by atoms with E-state index >= 15 is 0 Å². The molecule has 4 nitrogen and oxygen atoms in total. The molecule has 0 aromatic heterocycles. The zero-order valence-electron chi connectivity index (χ0n) is 15.6. The molecule has 156 valence electrons. The molecule has 0 saturated carbocycles. The van der Waals surface area contributed by atoms with Gasteiger partial charge in [0.15, 0.2) is 0 Å². The van der Waals surface area contributed by atoms with Crippen LogP contribution in [0, 0.1) is 0 Å². The topological polar surface area (TPSA) is 12.7 Å². The molecular weight excluding hydrogens is 381 g/mol. The van der Waals surface area contributed by atoms with E-state index in [4.69, 9.17) is 0 Å². The van der Waals surface area contributed by atoms with Crippen LogP contribution in [-0.2, 0) is 0 Å². The Bertz CT molecular complexity index is 520. The van der Waals surface area contributed by atoms with E-state index in [0.29, 0.717) is 24.2 Å². The second kappa shape index (κ2) is 6.40. The van der Waals surface area contributed by atoms with Gasteiger partial charge in [0.2, 0.25) is 0 Å². The molecule has 11 heteroatoms. The van der Waals surface area contributed by atoms with E-state index < -0.39 is 7.81 Å². The van der Waals surface area contributed by atoms with Crippen LogP contribution in [0.5, 0.6) is 0 Å². The SMILES string of the molecule is C[C@@H]1CC[C@@H](C)N1N1C=[N+](N2[C@H](C)CC[C@H]2C)CC1.F[P-](F)(F)(F)(F)F. The van der Waals surface area contributed by atoms with E-state index in [1.165, 1.54) is 25.7 Å². The molecule has 0 N–H and O–H groups in total. The Kier molecular flexibility index (Phi) is 5.30. The molecule has 3 rings (SSSR count). The molecule has 0 aromatic carbocycles. The standard InChI is InChI=1S/C15H29N4.F6P/c1-12-5-6-13(2)18(12)16-9-10-17(11-16)19-14(3)7-8-15(19)4;1-7(2,3,4,5)6/h11-15H,5-10H2,1-4H3;/q+1;-1/t12-,13-,14-,15-;/m1./s1. The average molecular weight is 410 g/mol. The summed E-state index contributed by atoms with van der Waals surface area (Å²) in [7, 11) is -10.7. The van der Waals surface area contributed by atoms with Crippen LogP contribution in [0.15, 0.2) is 0 Å². The van der Waals surface area contributed by atoms with Crippen LogP contribution in [0.3, 0.4) is 0 Å². The van der Waals surface area contributed by atoms with Crippen LogP contribution in [0.25, 0.3) is 0 Å². The monoisotopic (exact) mass is 410 g/mol. The first-order chi connectivity index (χ1) is 11.5. The first kappa shape index (κ1) is 21.5. The molecule has 2 fully saturated rings. The fraction of sp³-hybridized carbons (Fsp3) is 0.933. The van der Waals surface area contributed by atoms with Gasteiger partial charge in [-0.3, -0.25) is 0 Å². The number of hydrazone groups is 1. The van der Waals surface area contributed by atoms with Crippen molar-refractivity contribution in [1.29, 1.82) is 0 Å². The van der Waals surface area contributed by atoms with Gasteiger partial charge in [0.25, 0.3) is 6.34 Å². The predicted octanol–water partition coefficient (Wildman–Crippen LogP) is 5.30. The van der Waals surface area contributed by atoms with Gasteiger partial charge < -0.3 is 0 Å². The number of halogens is 6. The second-order valence-corrected chi connectivity index (χ2v) is 9.63. The van der Waals surface area contributed by atoms with Crippen molar-refractivity contribution in [2.45, 2.75) is 77.5 Å². The van der Waals surface area contributed by atoms with Crippen molar-refractivity contribution in [1.82, 2.24) is 15.0 Å². The Morgan fingerprint density at radius 2 is 1.15 bits per heavy atom. The molecule has 0 aliphatic carbocycles. The van der Waals surface area contributed by atoms with Crippen molar-refractivity contribution in [3.05, 3.63) is 0 Å². The molecular formula is C15H29F6N4P. The van der Waals surface area contributed by atoms with Gasteiger partial charge >= 0.3 is 33.0 Å². The molecule has 0 spiro atoms. The van der Waals surface area contributed by atoms with Crippen LogP contribution < -0.4 is 0 Å². The maximum atomic E-state index is 9.87. The Balaban J connectivity index is 0.000000298. The summed E-state index contributed by atoms with van der Waals surface area (Å²) in [5, 5.41) is 7.65. The quantitative estimate of drug-likeness (QED) is 0.348. The van der Waals surface area contributed by atoms with Crippen LogP contribution in [0.4, 0.5) is 25.2 Å². The molecule has 4 atom stereocenters. The Morgan fingerprint density at radius 3 is 1.58 bits per heavy atom. The van der Waals surface area contributed by atoms with E-state index in [2.05, 4.69) is 53.7 Å². The molecule has 3 heterocycles. The molecule has 0 bridgehead atoms. The second-order valence-electron chi connectivity index (χ2n) is 7.71. The molecule has 26 heavy (non-hydrogen) atoms. The Labute approximate surface area is 150 Å². The van der Waals surface area contributed by atoms with Crippen LogP contribution >= 0.6 is 7.81 Å². The van der Waals surface area contributed by atoms with Crippen LogP contribution in [0.1, 0.15) is 53.4 Å². The van der Waals surface area contributed by atoms with E-state index in [1.807, 2.05) is 0 Å². The van der Waals surface area contributed by atoms with Gasteiger partial charge in [0.1, 0.15) is 13.1 Å². The molecule has 3 aliphatic rings. The summed E-state index contributed by atoms with van der Waals surface area (Å²) in [6, 6.07) is 2.78. The van der Waals surface area contributed by atoms with Gasteiger partial charge in [-0.2, -0.15) is 9.69 Å². The van der Waals surface area contributed by atoms with Crippen molar-refractivity contribution in [3.8, 4) is 0 Å². The van der Waals surface area contributed by atoms with Crippen molar-refractivity contribution in [2.75, 3.05) is 13.1 Å². The molecule has 2 saturated heterocycles. The van der Waals surface area contributed by atoms with Gasteiger partial charge in [-0.1, -0.05) is 0 Å². The fourth-order valence-electron chi connectivity index (χ4n) is 4.20. The predicted molar refractivity (Wildman–Crippen MR) is 91.5 cm³/mol. The van der Waals surface area contributed by atoms with Crippen molar-refractivity contribution in [2.24, 2.45) is 0 Å². The first-order valence-corrected chi connectivity index (χ1v) is 11.1. The van der Waals surface area contributed by atoms with Gasteiger partial charge in [0, 0.05) is 12.1 Å². The van der Waals surface area contributed by atoms with E-state index in [9.17, 15) is 25.2 Å². The summed E-state index contributed by atoms with van der Waals surface area (Å²) in [6.45, 7) is 11.7. The van der Waals surface area contributed by atoms with Crippen LogP contribution in [-0.4, -0.2) is 63.3 Å². The van der Waals surface area contributed by atoms with E-state index in [0.717, 1.165) is 13.1 Å². The summed E-state index contributed by atoms with van der Waals surface area (Å²) >= 11 is 0. The number of hydrogen-bond acceptors (Lipinski definition) is 3. The van der Waals surface area contributed by atoms with Crippen molar-refractivity contribution >= 4 is 14.1 Å².